The molecule has 1 rings (SSSR count). The minimum absolute atomic E-state index is 0.269. The number of aryl methyl sites for hydroxylation is 1. The summed E-state index contributed by atoms with van der Waals surface area (Å²) < 4.78 is 27.8. The first kappa shape index (κ1) is 6.19. The van der Waals surface area contributed by atoms with E-state index in [1.165, 1.54) is 13.2 Å². The summed E-state index contributed by atoms with van der Waals surface area (Å²) in [6, 6.07) is 0. The maximum atomic E-state index is 11.7. The number of hydrogen-bond donors (Lipinski definition) is 0. The zero-order chi connectivity index (χ0) is 6.85. The van der Waals surface area contributed by atoms with Crippen LogP contribution in [0, 0.1) is 6.92 Å². The maximum absolute atomic E-state index is 11.7. The topological polar surface area (TPSA) is 26.0 Å². The van der Waals surface area contributed by atoms with E-state index in [-0.39, 0.29) is 5.69 Å². The molecule has 0 aliphatic rings. The van der Waals surface area contributed by atoms with Crippen molar-refractivity contribution in [2.45, 2.75) is 13.3 Å². The monoisotopic (exact) mass is 133 g/mol. The summed E-state index contributed by atoms with van der Waals surface area (Å²) in [4.78, 5) is 0. The van der Waals surface area contributed by atoms with Gasteiger partial charge in [-0.1, -0.05) is 5.16 Å². The molecule has 1 heterocycles. The molecule has 0 aliphatic heterocycles. The lowest BCUT2D eigenvalue weighted by Crippen LogP contribution is -1.85. The zero-order valence-corrected chi connectivity index (χ0v) is 4.77. The molecule has 1 aromatic rings. The van der Waals surface area contributed by atoms with Crippen molar-refractivity contribution in [3.05, 3.63) is 17.5 Å². The quantitative estimate of drug-likeness (QED) is 0.584. The Morgan fingerprint density at radius 1 is 1.67 bits per heavy atom. The molecular weight excluding hydrogens is 128 g/mol. The maximum Gasteiger partial charge on any atom is 0.284 e. The number of alkyl halides is 2. The molecule has 0 radical (unpaired) electrons. The summed E-state index contributed by atoms with van der Waals surface area (Å²) in [5.74, 6) is 0. The summed E-state index contributed by atoms with van der Waals surface area (Å²) in [6.45, 7) is 1.53. The van der Waals surface area contributed by atoms with Crippen LogP contribution < -0.4 is 0 Å². The van der Waals surface area contributed by atoms with Crippen molar-refractivity contribution in [2.75, 3.05) is 0 Å². The summed E-state index contributed by atoms with van der Waals surface area (Å²) in [7, 11) is 0. The first-order valence-electron chi connectivity index (χ1n) is 2.41. The lowest BCUT2D eigenvalue weighted by atomic mass is 10.3. The van der Waals surface area contributed by atoms with E-state index in [4.69, 9.17) is 0 Å². The predicted octanol–water partition coefficient (Wildman–Crippen LogP) is 1.92. The molecule has 0 saturated carbocycles. The molecule has 2 nitrogen and oxygen atoms in total. The van der Waals surface area contributed by atoms with E-state index >= 15 is 0 Å². The second kappa shape index (κ2) is 2.13. The van der Waals surface area contributed by atoms with Gasteiger partial charge in [0.1, 0.15) is 6.26 Å². The Morgan fingerprint density at radius 3 is 2.56 bits per heavy atom. The molecule has 4 heteroatoms. The minimum Gasteiger partial charge on any atom is -0.364 e. The number of aromatic nitrogens is 1. The van der Waals surface area contributed by atoms with Gasteiger partial charge in [0.05, 0.1) is 0 Å². The van der Waals surface area contributed by atoms with Crippen LogP contribution in [0.3, 0.4) is 0 Å². The molecule has 0 fully saturated rings. The molecule has 0 amide bonds. The van der Waals surface area contributed by atoms with E-state index in [9.17, 15) is 8.78 Å². The van der Waals surface area contributed by atoms with Crippen LogP contribution in [0.15, 0.2) is 10.8 Å². The second-order valence-corrected chi connectivity index (χ2v) is 1.68. The average Bonchev–Trinajstić information content (AvgIpc) is 2.13. The minimum atomic E-state index is -2.52. The van der Waals surface area contributed by atoms with E-state index in [0.29, 0.717) is 5.56 Å². The molecule has 0 N–H and O–H groups in total. The van der Waals surface area contributed by atoms with E-state index in [1.807, 2.05) is 0 Å². The Kier molecular flexibility index (Phi) is 1.46. The molecule has 0 saturated heterocycles. The third-order valence-electron chi connectivity index (χ3n) is 0.991. The highest BCUT2D eigenvalue weighted by Gasteiger charge is 2.13. The summed E-state index contributed by atoms with van der Waals surface area (Å²) in [5, 5.41) is 3.09. The number of hydrogen-bond acceptors (Lipinski definition) is 2. The molecule has 0 aliphatic carbocycles. The third-order valence-corrected chi connectivity index (χ3v) is 0.991. The first-order valence-corrected chi connectivity index (χ1v) is 2.41. The molecule has 0 bridgehead atoms. The number of nitrogens with zero attached hydrogens (tertiary/aromatic N) is 1. The fourth-order valence-corrected chi connectivity index (χ4v) is 0.507. The summed E-state index contributed by atoms with van der Waals surface area (Å²) in [6.07, 6.45) is -1.33. The highest BCUT2D eigenvalue weighted by atomic mass is 19.3. The molecule has 0 atom stereocenters. The largest absolute Gasteiger partial charge is 0.364 e. The van der Waals surface area contributed by atoms with Crippen LogP contribution in [-0.4, -0.2) is 5.16 Å². The van der Waals surface area contributed by atoms with Crippen molar-refractivity contribution in [3.8, 4) is 0 Å². The van der Waals surface area contributed by atoms with Crippen LogP contribution in [0.25, 0.3) is 0 Å². The van der Waals surface area contributed by atoms with Crippen molar-refractivity contribution in [1.29, 1.82) is 0 Å². The number of halogens is 2. The van der Waals surface area contributed by atoms with Gasteiger partial charge in [-0.05, 0) is 6.92 Å². The molecule has 0 aromatic carbocycles. The Labute approximate surface area is 50.5 Å². The van der Waals surface area contributed by atoms with E-state index < -0.39 is 6.43 Å². The van der Waals surface area contributed by atoms with Gasteiger partial charge in [-0.15, -0.1) is 0 Å². The smallest absolute Gasteiger partial charge is 0.284 e. The highest BCUT2D eigenvalue weighted by Crippen LogP contribution is 2.19. The van der Waals surface area contributed by atoms with E-state index in [1.54, 1.807) is 0 Å². The predicted molar refractivity (Wildman–Crippen MR) is 26.2 cm³/mol. The van der Waals surface area contributed by atoms with Crippen LogP contribution in [0.5, 0.6) is 0 Å². The van der Waals surface area contributed by atoms with Crippen LogP contribution in [-0.2, 0) is 0 Å². The fraction of sp³-hybridized carbons (Fsp3) is 0.400. The van der Waals surface area contributed by atoms with Gasteiger partial charge in [-0.25, -0.2) is 8.78 Å². The van der Waals surface area contributed by atoms with Crippen molar-refractivity contribution in [2.24, 2.45) is 0 Å². The normalized spacial score (nSPS) is 10.7. The van der Waals surface area contributed by atoms with E-state index in [2.05, 4.69) is 9.68 Å². The van der Waals surface area contributed by atoms with Gasteiger partial charge in [-0.3, -0.25) is 0 Å². The average molecular weight is 133 g/mol. The molecule has 50 valence electrons. The molecule has 0 unspecified atom stereocenters. The lowest BCUT2D eigenvalue weighted by molar-refractivity contribution is 0.140. The molecule has 9 heavy (non-hydrogen) atoms. The second-order valence-electron chi connectivity index (χ2n) is 1.68. The van der Waals surface area contributed by atoms with Crippen molar-refractivity contribution < 1.29 is 13.3 Å². The summed E-state index contributed by atoms with van der Waals surface area (Å²) in [5.41, 5.74) is 0.125. The van der Waals surface area contributed by atoms with Crippen molar-refractivity contribution in [3.63, 3.8) is 0 Å². The Bertz CT molecular complexity index is 197. The van der Waals surface area contributed by atoms with Gasteiger partial charge in [0, 0.05) is 5.56 Å². The van der Waals surface area contributed by atoms with Crippen LogP contribution in [0.2, 0.25) is 0 Å². The first-order chi connectivity index (χ1) is 4.22. The molecule has 1 aromatic heterocycles. The molecule has 0 spiro atoms. The SMILES string of the molecule is Cc1conc1C(F)F. The van der Waals surface area contributed by atoms with Crippen LogP contribution in [0.4, 0.5) is 8.78 Å². The Morgan fingerprint density at radius 2 is 2.33 bits per heavy atom. The van der Waals surface area contributed by atoms with Gasteiger partial charge in [-0.2, -0.15) is 0 Å². The van der Waals surface area contributed by atoms with Gasteiger partial charge in [0.15, 0.2) is 5.69 Å². The van der Waals surface area contributed by atoms with Crippen molar-refractivity contribution >= 4 is 0 Å². The zero-order valence-electron chi connectivity index (χ0n) is 4.77. The van der Waals surface area contributed by atoms with Gasteiger partial charge in [0.2, 0.25) is 0 Å². The lowest BCUT2D eigenvalue weighted by Gasteiger charge is -1.89. The summed E-state index contributed by atoms with van der Waals surface area (Å²) >= 11 is 0. The third kappa shape index (κ3) is 1.06. The van der Waals surface area contributed by atoms with Crippen LogP contribution >= 0.6 is 0 Å². The fourth-order valence-electron chi connectivity index (χ4n) is 0.507. The van der Waals surface area contributed by atoms with Crippen molar-refractivity contribution in [1.82, 2.24) is 5.16 Å². The van der Waals surface area contributed by atoms with Gasteiger partial charge in [0.25, 0.3) is 6.43 Å². The Balaban J connectivity index is 2.94. The highest BCUT2D eigenvalue weighted by molar-refractivity contribution is 5.12. The molecular formula is C5H5F2NO. The standard InChI is InChI=1S/C5H5F2NO/c1-3-2-9-8-4(3)5(6)7/h2,5H,1H3. The van der Waals surface area contributed by atoms with Gasteiger partial charge >= 0.3 is 0 Å². The number of rotatable bonds is 1. The van der Waals surface area contributed by atoms with Crippen LogP contribution in [0.1, 0.15) is 17.7 Å². The Hall–Kier alpha value is -0.930. The van der Waals surface area contributed by atoms with E-state index in [0.717, 1.165) is 0 Å². The van der Waals surface area contributed by atoms with Gasteiger partial charge < -0.3 is 4.52 Å².